The zero-order valence-electron chi connectivity index (χ0n) is 12.6. The number of sulfonamides is 1. The highest BCUT2D eigenvalue weighted by Crippen LogP contribution is 2.35. The molecule has 0 spiro atoms. The van der Waals surface area contributed by atoms with Crippen LogP contribution in [0.1, 0.15) is 19.8 Å². The maximum atomic E-state index is 12.7. The van der Waals surface area contributed by atoms with Crippen molar-refractivity contribution in [2.75, 3.05) is 20.2 Å². The molecule has 1 atom stereocenters. The van der Waals surface area contributed by atoms with Crippen molar-refractivity contribution in [1.29, 1.82) is 0 Å². The maximum Gasteiger partial charge on any atom is 0.244 e. The third-order valence-corrected chi connectivity index (χ3v) is 6.72. The monoisotopic (exact) mass is 366 g/mol. The van der Waals surface area contributed by atoms with Gasteiger partial charge in [-0.25, -0.2) is 8.42 Å². The highest BCUT2D eigenvalue weighted by atomic mass is 35.5. The minimum Gasteiger partial charge on any atom is -0.495 e. The van der Waals surface area contributed by atoms with Crippen molar-refractivity contribution >= 4 is 33.2 Å². The van der Waals surface area contributed by atoms with Crippen molar-refractivity contribution < 1.29 is 13.2 Å². The minimum absolute atomic E-state index is 0.0132. The van der Waals surface area contributed by atoms with E-state index in [9.17, 15) is 8.42 Å². The summed E-state index contributed by atoms with van der Waals surface area (Å²) in [5, 5.41) is 0.325. The summed E-state index contributed by atoms with van der Waals surface area (Å²) in [5.74, 6) is 0.697. The molecule has 22 heavy (non-hydrogen) atoms. The summed E-state index contributed by atoms with van der Waals surface area (Å²) in [6.07, 6.45) is 1.50. The first-order valence-electron chi connectivity index (χ1n) is 7.06. The summed E-state index contributed by atoms with van der Waals surface area (Å²) >= 11 is 12.1. The van der Waals surface area contributed by atoms with Crippen LogP contribution in [0.4, 0.5) is 0 Å². The molecule has 1 unspecified atom stereocenters. The SMILES string of the molecule is COc1cc(Cl)c(S(=O)(=O)N2CCC(C(C)N)CC2)cc1Cl. The second-order valence-electron chi connectivity index (χ2n) is 5.52. The third kappa shape index (κ3) is 3.51. The molecule has 0 aromatic heterocycles. The van der Waals surface area contributed by atoms with Gasteiger partial charge in [0, 0.05) is 25.2 Å². The first-order chi connectivity index (χ1) is 10.3. The Morgan fingerprint density at radius 3 is 2.36 bits per heavy atom. The summed E-state index contributed by atoms with van der Waals surface area (Å²) < 4.78 is 32.0. The molecule has 1 aliphatic rings. The van der Waals surface area contributed by atoms with E-state index in [0.29, 0.717) is 24.8 Å². The van der Waals surface area contributed by atoms with E-state index in [2.05, 4.69) is 0 Å². The third-order valence-electron chi connectivity index (χ3n) is 4.07. The predicted molar refractivity (Wildman–Crippen MR) is 88.1 cm³/mol. The number of methoxy groups -OCH3 is 1. The van der Waals surface area contributed by atoms with Crippen LogP contribution in [0.2, 0.25) is 10.0 Å². The van der Waals surface area contributed by atoms with Gasteiger partial charge in [-0.05, 0) is 31.7 Å². The Labute approximate surface area is 141 Å². The second-order valence-corrected chi connectivity index (χ2v) is 8.24. The molecule has 5 nitrogen and oxygen atoms in total. The second kappa shape index (κ2) is 6.93. The fourth-order valence-corrected chi connectivity index (χ4v) is 4.94. The van der Waals surface area contributed by atoms with Gasteiger partial charge in [-0.3, -0.25) is 0 Å². The number of halogens is 2. The zero-order chi connectivity index (χ0) is 16.5. The summed E-state index contributed by atoms with van der Waals surface area (Å²) in [7, 11) is -2.22. The van der Waals surface area contributed by atoms with Gasteiger partial charge in [0.15, 0.2) is 0 Å². The predicted octanol–water partition coefficient (Wildman–Crippen LogP) is 2.75. The largest absolute Gasteiger partial charge is 0.495 e. The minimum atomic E-state index is -3.67. The molecule has 0 saturated carbocycles. The number of hydrogen-bond donors (Lipinski definition) is 1. The van der Waals surface area contributed by atoms with E-state index in [4.69, 9.17) is 33.7 Å². The van der Waals surface area contributed by atoms with Crippen LogP contribution in [0, 0.1) is 5.92 Å². The van der Waals surface area contributed by atoms with Crippen LogP contribution in [0.5, 0.6) is 5.75 Å². The Morgan fingerprint density at radius 1 is 1.27 bits per heavy atom. The van der Waals surface area contributed by atoms with E-state index in [1.807, 2.05) is 6.92 Å². The zero-order valence-corrected chi connectivity index (χ0v) is 14.9. The number of ether oxygens (including phenoxy) is 1. The number of piperidine rings is 1. The molecule has 0 radical (unpaired) electrons. The highest BCUT2D eigenvalue weighted by Gasteiger charge is 2.32. The molecule has 2 N–H and O–H groups in total. The normalized spacial score (nSPS) is 19.1. The van der Waals surface area contributed by atoms with Crippen molar-refractivity contribution in [2.24, 2.45) is 11.7 Å². The highest BCUT2D eigenvalue weighted by molar-refractivity contribution is 7.89. The van der Waals surface area contributed by atoms with Crippen LogP contribution in [0.15, 0.2) is 17.0 Å². The van der Waals surface area contributed by atoms with E-state index in [-0.39, 0.29) is 21.0 Å². The summed E-state index contributed by atoms with van der Waals surface area (Å²) in [6.45, 7) is 2.83. The van der Waals surface area contributed by atoms with Crippen LogP contribution < -0.4 is 10.5 Å². The van der Waals surface area contributed by atoms with Gasteiger partial charge in [0.25, 0.3) is 0 Å². The van der Waals surface area contributed by atoms with Gasteiger partial charge in [0.2, 0.25) is 10.0 Å². The van der Waals surface area contributed by atoms with Crippen molar-refractivity contribution in [3.63, 3.8) is 0 Å². The number of nitrogens with zero attached hydrogens (tertiary/aromatic N) is 1. The molecule has 1 fully saturated rings. The summed E-state index contributed by atoms with van der Waals surface area (Å²) in [6, 6.07) is 2.84. The smallest absolute Gasteiger partial charge is 0.244 e. The van der Waals surface area contributed by atoms with Gasteiger partial charge >= 0.3 is 0 Å². The summed E-state index contributed by atoms with van der Waals surface area (Å²) in [4.78, 5) is 0.0132. The van der Waals surface area contributed by atoms with Gasteiger partial charge in [-0.1, -0.05) is 23.2 Å². The summed E-state index contributed by atoms with van der Waals surface area (Å²) in [5.41, 5.74) is 5.89. The molecule has 124 valence electrons. The van der Waals surface area contributed by atoms with Crippen LogP contribution in [0.25, 0.3) is 0 Å². The van der Waals surface area contributed by atoms with Crippen LogP contribution >= 0.6 is 23.2 Å². The fraction of sp³-hybridized carbons (Fsp3) is 0.571. The van der Waals surface area contributed by atoms with Crippen molar-refractivity contribution in [1.82, 2.24) is 4.31 Å². The molecule has 8 heteroatoms. The first-order valence-corrected chi connectivity index (χ1v) is 9.25. The van der Waals surface area contributed by atoms with E-state index >= 15 is 0 Å². The Morgan fingerprint density at radius 2 is 1.86 bits per heavy atom. The van der Waals surface area contributed by atoms with Gasteiger partial charge in [-0.15, -0.1) is 0 Å². The average molecular weight is 367 g/mol. The quantitative estimate of drug-likeness (QED) is 0.888. The average Bonchev–Trinajstić information content (AvgIpc) is 2.49. The molecule has 0 aliphatic carbocycles. The molecule has 0 bridgehead atoms. The van der Waals surface area contributed by atoms with Gasteiger partial charge in [-0.2, -0.15) is 4.31 Å². The number of rotatable bonds is 4. The van der Waals surface area contributed by atoms with Gasteiger partial charge < -0.3 is 10.5 Å². The first kappa shape index (κ1) is 17.8. The lowest BCUT2D eigenvalue weighted by Crippen LogP contribution is -2.42. The van der Waals surface area contributed by atoms with Crippen molar-refractivity contribution in [2.45, 2.75) is 30.7 Å². The standard InChI is InChI=1S/C14H20Cl2N2O3S/c1-9(17)10-3-5-18(6-4-10)22(19,20)14-8-11(15)13(21-2)7-12(14)16/h7-10H,3-6,17H2,1-2H3. The van der Waals surface area contributed by atoms with E-state index in [1.54, 1.807) is 0 Å². The molecule has 0 amide bonds. The van der Waals surface area contributed by atoms with Crippen molar-refractivity contribution in [3.8, 4) is 5.75 Å². The molecular formula is C14H20Cl2N2O3S. The fourth-order valence-electron chi connectivity index (χ4n) is 2.65. The van der Waals surface area contributed by atoms with Crippen LogP contribution in [-0.4, -0.2) is 39.0 Å². The Hall–Kier alpha value is -0.530. The molecule has 2 rings (SSSR count). The topological polar surface area (TPSA) is 72.6 Å². The molecule has 1 saturated heterocycles. The van der Waals surface area contributed by atoms with Gasteiger partial charge in [0.1, 0.15) is 10.6 Å². The lowest BCUT2D eigenvalue weighted by atomic mass is 9.92. The van der Waals surface area contributed by atoms with Crippen molar-refractivity contribution in [3.05, 3.63) is 22.2 Å². The Bertz CT molecular complexity index is 642. The molecule has 1 aromatic rings. The number of nitrogens with two attached hydrogens (primary N) is 1. The van der Waals surface area contributed by atoms with E-state index in [1.165, 1.54) is 23.5 Å². The Balaban J connectivity index is 2.27. The maximum absolute atomic E-state index is 12.7. The lowest BCUT2D eigenvalue weighted by Gasteiger charge is -2.33. The Kier molecular flexibility index (Phi) is 5.61. The van der Waals surface area contributed by atoms with E-state index < -0.39 is 10.0 Å². The van der Waals surface area contributed by atoms with Crippen LogP contribution in [0.3, 0.4) is 0 Å². The number of benzene rings is 1. The van der Waals surface area contributed by atoms with Crippen LogP contribution in [-0.2, 0) is 10.0 Å². The molecular weight excluding hydrogens is 347 g/mol. The number of hydrogen-bond acceptors (Lipinski definition) is 4. The van der Waals surface area contributed by atoms with E-state index in [0.717, 1.165) is 12.8 Å². The lowest BCUT2D eigenvalue weighted by molar-refractivity contribution is 0.250. The molecule has 1 aromatic carbocycles. The molecule has 1 aliphatic heterocycles. The van der Waals surface area contributed by atoms with Gasteiger partial charge in [0.05, 0.1) is 17.2 Å². The molecule has 1 heterocycles.